The molecule has 2 aromatic heterocycles. The zero-order valence-corrected chi connectivity index (χ0v) is 22.3. The second-order valence-corrected chi connectivity index (χ2v) is 9.67. The molecule has 202 valence electrons. The summed E-state index contributed by atoms with van der Waals surface area (Å²) in [6.07, 6.45) is 5.56. The molecule has 0 aliphatic carbocycles. The van der Waals surface area contributed by atoms with Crippen LogP contribution in [0.1, 0.15) is 15.9 Å². The van der Waals surface area contributed by atoms with Crippen LogP contribution in [-0.2, 0) is 11.3 Å². The SMILES string of the molecule is CNCc1ccc(NC(=O)c2cccc(-c3cn4ccnc4c(Nc4ccc(N5CCOCC5)cc4)n3)c2)cc1. The Balaban J connectivity index is 1.23. The average Bonchev–Trinajstić information content (AvgIpc) is 3.49. The van der Waals surface area contributed by atoms with E-state index in [1.807, 2.05) is 66.3 Å². The maximum atomic E-state index is 13.0. The predicted octanol–water partition coefficient (Wildman–Crippen LogP) is 4.95. The second-order valence-electron chi connectivity index (χ2n) is 9.67. The van der Waals surface area contributed by atoms with Gasteiger partial charge in [0.05, 0.1) is 18.9 Å². The molecule has 1 amide bonds. The summed E-state index contributed by atoms with van der Waals surface area (Å²) in [7, 11) is 1.91. The Morgan fingerprint density at radius 2 is 1.75 bits per heavy atom. The molecule has 0 bridgehead atoms. The van der Waals surface area contributed by atoms with Crippen molar-refractivity contribution in [2.24, 2.45) is 0 Å². The van der Waals surface area contributed by atoms with Gasteiger partial charge in [-0.25, -0.2) is 9.97 Å². The van der Waals surface area contributed by atoms with Gasteiger partial charge in [0.15, 0.2) is 11.5 Å². The van der Waals surface area contributed by atoms with Crippen molar-refractivity contribution in [3.05, 3.63) is 103 Å². The van der Waals surface area contributed by atoms with E-state index in [0.29, 0.717) is 11.4 Å². The number of amides is 1. The second kappa shape index (κ2) is 11.6. The Kier molecular flexibility index (Phi) is 7.39. The summed E-state index contributed by atoms with van der Waals surface area (Å²) in [6, 6.07) is 23.6. The van der Waals surface area contributed by atoms with Crippen LogP contribution in [0.3, 0.4) is 0 Å². The first-order valence-electron chi connectivity index (χ1n) is 13.3. The number of carbonyl (C=O) groups excluding carboxylic acids is 1. The molecule has 9 heteroatoms. The van der Waals surface area contributed by atoms with Gasteiger partial charge in [0.2, 0.25) is 0 Å². The van der Waals surface area contributed by atoms with E-state index in [1.165, 1.54) is 5.69 Å². The number of ether oxygens (including phenoxy) is 1. The van der Waals surface area contributed by atoms with Crippen LogP contribution >= 0.6 is 0 Å². The molecule has 40 heavy (non-hydrogen) atoms. The number of nitrogens with one attached hydrogen (secondary N) is 3. The van der Waals surface area contributed by atoms with Crippen LogP contribution in [0.4, 0.5) is 22.9 Å². The smallest absolute Gasteiger partial charge is 0.255 e. The number of hydrogen-bond acceptors (Lipinski definition) is 7. The Bertz CT molecular complexity index is 1610. The molecule has 3 aromatic carbocycles. The average molecular weight is 534 g/mol. The first-order chi connectivity index (χ1) is 19.7. The molecule has 5 aromatic rings. The summed E-state index contributed by atoms with van der Waals surface area (Å²) < 4.78 is 7.40. The van der Waals surface area contributed by atoms with Crippen LogP contribution in [0.25, 0.3) is 16.9 Å². The Labute approximate surface area is 232 Å². The number of imidazole rings is 1. The van der Waals surface area contributed by atoms with Crippen LogP contribution in [-0.4, -0.2) is 53.6 Å². The van der Waals surface area contributed by atoms with E-state index in [0.717, 1.165) is 66.7 Å². The molecule has 0 atom stereocenters. The summed E-state index contributed by atoms with van der Waals surface area (Å²) in [5.74, 6) is 0.462. The van der Waals surface area contributed by atoms with E-state index in [2.05, 4.69) is 50.1 Å². The fourth-order valence-corrected chi connectivity index (χ4v) is 4.80. The molecule has 1 aliphatic rings. The molecule has 1 fully saturated rings. The van der Waals surface area contributed by atoms with Gasteiger partial charge in [-0.05, 0) is 61.1 Å². The zero-order valence-electron chi connectivity index (χ0n) is 22.3. The summed E-state index contributed by atoms with van der Waals surface area (Å²) in [5, 5.41) is 9.55. The van der Waals surface area contributed by atoms with Crippen molar-refractivity contribution in [1.29, 1.82) is 0 Å². The predicted molar refractivity (Wildman–Crippen MR) is 158 cm³/mol. The van der Waals surface area contributed by atoms with Crippen LogP contribution in [0.15, 0.2) is 91.4 Å². The third kappa shape index (κ3) is 5.66. The molecular formula is C31H31N7O2. The molecule has 0 spiro atoms. The number of morpholine rings is 1. The lowest BCUT2D eigenvalue weighted by Gasteiger charge is -2.28. The highest BCUT2D eigenvalue weighted by atomic mass is 16.5. The topological polar surface area (TPSA) is 95.8 Å². The minimum Gasteiger partial charge on any atom is -0.378 e. The van der Waals surface area contributed by atoms with E-state index >= 15 is 0 Å². The van der Waals surface area contributed by atoms with Crippen LogP contribution < -0.4 is 20.9 Å². The molecule has 1 saturated heterocycles. The van der Waals surface area contributed by atoms with E-state index in [1.54, 1.807) is 12.3 Å². The van der Waals surface area contributed by atoms with Crippen LogP contribution in [0.5, 0.6) is 0 Å². The summed E-state index contributed by atoms with van der Waals surface area (Å²) >= 11 is 0. The van der Waals surface area contributed by atoms with Crippen molar-refractivity contribution in [2.45, 2.75) is 6.54 Å². The molecule has 0 unspecified atom stereocenters. The first-order valence-corrected chi connectivity index (χ1v) is 13.3. The number of aromatic nitrogens is 3. The Hall–Kier alpha value is -4.73. The van der Waals surface area contributed by atoms with E-state index in [-0.39, 0.29) is 5.91 Å². The fourth-order valence-electron chi connectivity index (χ4n) is 4.80. The van der Waals surface area contributed by atoms with Gasteiger partial charge >= 0.3 is 0 Å². The number of anilines is 4. The van der Waals surface area contributed by atoms with Gasteiger partial charge in [-0.3, -0.25) is 4.79 Å². The lowest BCUT2D eigenvalue weighted by atomic mass is 10.1. The number of rotatable bonds is 8. The molecule has 9 nitrogen and oxygen atoms in total. The minimum absolute atomic E-state index is 0.175. The van der Waals surface area contributed by atoms with Crippen molar-refractivity contribution in [1.82, 2.24) is 19.7 Å². The van der Waals surface area contributed by atoms with E-state index < -0.39 is 0 Å². The maximum absolute atomic E-state index is 13.0. The number of fused-ring (bicyclic) bond motifs is 1. The maximum Gasteiger partial charge on any atom is 0.255 e. The van der Waals surface area contributed by atoms with Crippen molar-refractivity contribution in [3.8, 4) is 11.3 Å². The van der Waals surface area contributed by atoms with Crippen molar-refractivity contribution in [2.75, 3.05) is 48.9 Å². The molecular weight excluding hydrogens is 502 g/mol. The fraction of sp³-hybridized carbons (Fsp3) is 0.194. The summed E-state index contributed by atoms with van der Waals surface area (Å²) in [4.78, 5) is 24.8. The largest absolute Gasteiger partial charge is 0.378 e. The van der Waals surface area contributed by atoms with Crippen LogP contribution in [0.2, 0.25) is 0 Å². The van der Waals surface area contributed by atoms with Crippen LogP contribution in [0, 0.1) is 0 Å². The molecule has 3 N–H and O–H groups in total. The number of benzene rings is 3. The van der Waals surface area contributed by atoms with Crippen molar-refractivity contribution < 1.29 is 9.53 Å². The molecule has 6 rings (SSSR count). The summed E-state index contributed by atoms with van der Waals surface area (Å²) in [6.45, 7) is 4.07. The van der Waals surface area contributed by atoms with Gasteiger partial charge in [0.1, 0.15) is 0 Å². The standard InChI is InChI=1S/C31H31N7O2/c1-32-20-22-5-7-26(8-6-22)35-31(39)24-4-2-3-23(19-24)28-21-38-14-13-33-30(38)29(36-28)34-25-9-11-27(12-10-25)37-15-17-40-18-16-37/h2-14,19,21,32H,15-18,20H2,1H3,(H,34,36)(H,35,39). The van der Waals surface area contributed by atoms with Gasteiger partial charge in [-0.2, -0.15) is 0 Å². The lowest BCUT2D eigenvalue weighted by Crippen LogP contribution is -2.36. The highest BCUT2D eigenvalue weighted by Crippen LogP contribution is 2.27. The van der Waals surface area contributed by atoms with Gasteiger partial charge in [0.25, 0.3) is 5.91 Å². The first kappa shape index (κ1) is 25.5. The summed E-state index contributed by atoms with van der Waals surface area (Å²) in [5.41, 5.74) is 6.82. The third-order valence-electron chi connectivity index (χ3n) is 6.89. The molecule has 0 saturated carbocycles. The van der Waals surface area contributed by atoms with E-state index in [9.17, 15) is 4.79 Å². The molecule has 3 heterocycles. The van der Waals surface area contributed by atoms with Gasteiger partial charge in [0, 0.05) is 66.4 Å². The minimum atomic E-state index is -0.175. The monoisotopic (exact) mass is 533 g/mol. The van der Waals surface area contributed by atoms with E-state index in [4.69, 9.17) is 9.72 Å². The normalized spacial score (nSPS) is 13.4. The zero-order chi connectivity index (χ0) is 27.3. The Morgan fingerprint density at radius 1 is 0.975 bits per heavy atom. The van der Waals surface area contributed by atoms with Gasteiger partial charge in [-0.15, -0.1) is 0 Å². The molecule has 1 aliphatic heterocycles. The van der Waals surface area contributed by atoms with Gasteiger partial charge < -0.3 is 30.0 Å². The van der Waals surface area contributed by atoms with Crippen molar-refractivity contribution in [3.63, 3.8) is 0 Å². The Morgan fingerprint density at radius 3 is 2.52 bits per heavy atom. The highest BCUT2D eigenvalue weighted by Gasteiger charge is 2.14. The third-order valence-corrected chi connectivity index (χ3v) is 6.89. The number of nitrogens with zero attached hydrogens (tertiary/aromatic N) is 4. The number of carbonyl (C=O) groups is 1. The highest BCUT2D eigenvalue weighted by molar-refractivity contribution is 6.05. The van der Waals surface area contributed by atoms with Crippen molar-refractivity contribution >= 4 is 34.4 Å². The quantitative estimate of drug-likeness (QED) is 0.260. The lowest BCUT2D eigenvalue weighted by molar-refractivity contribution is 0.102. The van der Waals surface area contributed by atoms with Gasteiger partial charge in [-0.1, -0.05) is 24.3 Å². The molecule has 0 radical (unpaired) electrons. The number of hydrogen-bond donors (Lipinski definition) is 3.